The molecule has 0 aliphatic rings. The smallest absolute Gasteiger partial charge is 0.0342 e. The van der Waals surface area contributed by atoms with E-state index in [1.54, 1.807) is 11.3 Å². The van der Waals surface area contributed by atoms with Crippen LogP contribution in [0.5, 0.6) is 0 Å². The molecule has 0 radical (unpaired) electrons. The summed E-state index contributed by atoms with van der Waals surface area (Å²) in [5.41, 5.74) is 0. The molecule has 0 N–H and O–H groups in total. The Morgan fingerprint density at radius 3 is 2.71 bits per heavy atom. The van der Waals surface area contributed by atoms with E-state index in [-0.39, 0.29) is 0 Å². The maximum Gasteiger partial charge on any atom is 0.0342 e. The SMILES string of the molecule is CC(C)CC(Cl)CCc1sccc1Br. The summed E-state index contributed by atoms with van der Waals surface area (Å²) in [4.78, 5) is 1.42. The van der Waals surface area contributed by atoms with Gasteiger partial charge in [-0.1, -0.05) is 13.8 Å². The van der Waals surface area contributed by atoms with Gasteiger partial charge in [0.05, 0.1) is 0 Å². The van der Waals surface area contributed by atoms with Crippen LogP contribution in [0.15, 0.2) is 15.9 Å². The molecule has 1 aromatic heterocycles. The highest BCUT2D eigenvalue weighted by Gasteiger charge is 2.09. The van der Waals surface area contributed by atoms with Crippen LogP contribution in [0.2, 0.25) is 0 Å². The average molecular weight is 296 g/mol. The number of halogens is 2. The molecule has 0 aliphatic carbocycles. The molecule has 0 nitrogen and oxygen atoms in total. The highest BCUT2D eigenvalue weighted by molar-refractivity contribution is 9.10. The minimum atomic E-state index is 0.323. The van der Waals surface area contributed by atoms with Crippen LogP contribution in [0.25, 0.3) is 0 Å². The molecule has 3 heteroatoms. The monoisotopic (exact) mass is 294 g/mol. The van der Waals surface area contributed by atoms with Gasteiger partial charge >= 0.3 is 0 Å². The molecule has 0 saturated heterocycles. The van der Waals surface area contributed by atoms with Crippen molar-refractivity contribution in [3.05, 3.63) is 20.8 Å². The highest BCUT2D eigenvalue weighted by atomic mass is 79.9. The molecule has 1 aromatic rings. The lowest BCUT2D eigenvalue weighted by atomic mass is 10.0. The zero-order valence-electron chi connectivity index (χ0n) is 8.59. The molecule has 1 unspecified atom stereocenters. The number of rotatable bonds is 5. The van der Waals surface area contributed by atoms with E-state index in [2.05, 4.69) is 41.2 Å². The molecule has 0 bridgehead atoms. The Hall–Kier alpha value is 0.470. The van der Waals surface area contributed by atoms with E-state index in [1.807, 2.05) is 0 Å². The summed E-state index contributed by atoms with van der Waals surface area (Å²) in [6.45, 7) is 4.44. The first-order chi connectivity index (χ1) is 6.59. The largest absolute Gasteiger partial charge is 0.148 e. The molecule has 0 aliphatic heterocycles. The lowest BCUT2D eigenvalue weighted by Gasteiger charge is -2.11. The van der Waals surface area contributed by atoms with Crippen molar-refractivity contribution >= 4 is 38.9 Å². The standard InChI is InChI=1S/C11H16BrClS/c1-8(2)7-9(13)3-4-11-10(12)5-6-14-11/h5-6,8-9H,3-4,7H2,1-2H3. The van der Waals surface area contributed by atoms with Crippen molar-refractivity contribution < 1.29 is 0 Å². The Morgan fingerprint density at radius 2 is 2.21 bits per heavy atom. The van der Waals surface area contributed by atoms with Crippen molar-refractivity contribution in [1.82, 2.24) is 0 Å². The second-order valence-electron chi connectivity index (χ2n) is 3.96. The minimum absolute atomic E-state index is 0.323. The zero-order chi connectivity index (χ0) is 10.6. The molecule has 0 fully saturated rings. The number of alkyl halides is 1. The Bertz CT molecular complexity index is 270. The van der Waals surface area contributed by atoms with E-state index < -0.39 is 0 Å². The van der Waals surface area contributed by atoms with E-state index in [4.69, 9.17) is 11.6 Å². The van der Waals surface area contributed by atoms with E-state index in [9.17, 15) is 0 Å². The van der Waals surface area contributed by atoms with Crippen molar-refractivity contribution in [2.45, 2.75) is 38.5 Å². The summed E-state index contributed by atoms with van der Waals surface area (Å²) in [6.07, 6.45) is 3.29. The molecule has 0 aromatic carbocycles. The first-order valence-corrected chi connectivity index (χ1v) is 7.06. The number of aryl methyl sites for hydroxylation is 1. The molecule has 0 spiro atoms. The lowest BCUT2D eigenvalue weighted by Crippen LogP contribution is -2.04. The molecule has 1 atom stereocenters. The fraction of sp³-hybridized carbons (Fsp3) is 0.636. The van der Waals surface area contributed by atoms with Crippen molar-refractivity contribution in [1.29, 1.82) is 0 Å². The molecule has 0 amide bonds. The summed E-state index contributed by atoms with van der Waals surface area (Å²) in [6, 6.07) is 2.10. The molecule has 14 heavy (non-hydrogen) atoms. The van der Waals surface area contributed by atoms with Crippen LogP contribution in [0.4, 0.5) is 0 Å². The van der Waals surface area contributed by atoms with Crippen LogP contribution >= 0.6 is 38.9 Å². The molecular weight excluding hydrogens is 280 g/mol. The van der Waals surface area contributed by atoms with Gasteiger partial charge in [0, 0.05) is 14.7 Å². The first kappa shape index (κ1) is 12.5. The van der Waals surface area contributed by atoms with Crippen molar-refractivity contribution in [3.8, 4) is 0 Å². The maximum atomic E-state index is 6.23. The number of hydrogen-bond donors (Lipinski definition) is 0. The second kappa shape index (κ2) is 6.14. The third kappa shape index (κ3) is 4.33. The molecule has 0 saturated carbocycles. The van der Waals surface area contributed by atoms with Gasteiger partial charge < -0.3 is 0 Å². The summed E-state index contributed by atoms with van der Waals surface area (Å²) in [5.74, 6) is 0.698. The normalized spacial score (nSPS) is 13.5. The predicted molar refractivity (Wildman–Crippen MR) is 69.4 cm³/mol. The van der Waals surface area contributed by atoms with E-state index in [1.165, 1.54) is 9.35 Å². The summed E-state index contributed by atoms with van der Waals surface area (Å²) in [5, 5.41) is 2.44. The highest BCUT2D eigenvalue weighted by Crippen LogP contribution is 2.26. The molecule has 1 rings (SSSR count). The van der Waals surface area contributed by atoms with Crippen LogP contribution in [-0.2, 0) is 6.42 Å². The minimum Gasteiger partial charge on any atom is -0.148 e. The van der Waals surface area contributed by atoms with Crippen LogP contribution in [0, 0.1) is 5.92 Å². The fourth-order valence-corrected chi connectivity index (χ4v) is 3.46. The average Bonchev–Trinajstić information content (AvgIpc) is 2.46. The Kier molecular flexibility index (Phi) is 5.50. The zero-order valence-corrected chi connectivity index (χ0v) is 11.8. The second-order valence-corrected chi connectivity index (χ2v) is 6.43. The van der Waals surface area contributed by atoms with Gasteiger partial charge in [-0.3, -0.25) is 0 Å². The van der Waals surface area contributed by atoms with E-state index >= 15 is 0 Å². The van der Waals surface area contributed by atoms with Gasteiger partial charge in [0.2, 0.25) is 0 Å². The van der Waals surface area contributed by atoms with Gasteiger partial charge in [-0.2, -0.15) is 0 Å². The van der Waals surface area contributed by atoms with Crippen LogP contribution in [0.3, 0.4) is 0 Å². The fourth-order valence-electron chi connectivity index (χ4n) is 1.42. The van der Waals surface area contributed by atoms with Crippen molar-refractivity contribution in [2.75, 3.05) is 0 Å². The van der Waals surface area contributed by atoms with Crippen molar-refractivity contribution in [3.63, 3.8) is 0 Å². The number of thiophene rings is 1. The molecular formula is C11H16BrClS. The molecule has 1 heterocycles. The Morgan fingerprint density at radius 1 is 1.50 bits per heavy atom. The predicted octanol–water partition coefficient (Wildman–Crippen LogP) is 5.10. The lowest BCUT2D eigenvalue weighted by molar-refractivity contribution is 0.545. The number of hydrogen-bond acceptors (Lipinski definition) is 1. The van der Waals surface area contributed by atoms with Gasteiger partial charge in [-0.05, 0) is 52.6 Å². The third-order valence-corrected chi connectivity index (χ3v) is 4.49. The van der Waals surface area contributed by atoms with Gasteiger partial charge in [0.15, 0.2) is 0 Å². The Balaban J connectivity index is 2.30. The van der Waals surface area contributed by atoms with Crippen LogP contribution < -0.4 is 0 Å². The van der Waals surface area contributed by atoms with Gasteiger partial charge in [-0.15, -0.1) is 22.9 Å². The van der Waals surface area contributed by atoms with Gasteiger partial charge in [0.1, 0.15) is 0 Å². The van der Waals surface area contributed by atoms with E-state index in [0.717, 1.165) is 19.3 Å². The summed E-state index contributed by atoms with van der Waals surface area (Å²) < 4.78 is 1.23. The third-order valence-electron chi connectivity index (χ3n) is 2.10. The van der Waals surface area contributed by atoms with Gasteiger partial charge in [0.25, 0.3) is 0 Å². The quantitative estimate of drug-likeness (QED) is 0.663. The summed E-state index contributed by atoms with van der Waals surface area (Å²) >= 11 is 11.6. The first-order valence-electron chi connectivity index (χ1n) is 4.95. The summed E-state index contributed by atoms with van der Waals surface area (Å²) in [7, 11) is 0. The maximum absolute atomic E-state index is 6.23. The topological polar surface area (TPSA) is 0 Å². The van der Waals surface area contributed by atoms with Crippen molar-refractivity contribution in [2.24, 2.45) is 5.92 Å². The Labute approximate surface area is 104 Å². The van der Waals surface area contributed by atoms with Crippen LogP contribution in [-0.4, -0.2) is 5.38 Å². The van der Waals surface area contributed by atoms with Gasteiger partial charge in [-0.25, -0.2) is 0 Å². The molecule has 80 valence electrons. The van der Waals surface area contributed by atoms with Crippen LogP contribution in [0.1, 0.15) is 31.6 Å². The van der Waals surface area contributed by atoms with E-state index in [0.29, 0.717) is 11.3 Å².